The van der Waals surface area contributed by atoms with Crippen LogP contribution in [0.15, 0.2) is 291 Å². The predicted octanol–water partition coefficient (Wildman–Crippen LogP) is 28.5. The average Bonchev–Trinajstić information content (AvgIpc) is 1.54. The second kappa shape index (κ2) is 31.9. The fraction of sp³-hybridized carbons (Fsp3) is 0.0364. The van der Waals surface area contributed by atoms with Gasteiger partial charge in [-0.25, -0.2) is 0 Å². The topological polar surface area (TPSA) is 258 Å². The molecular weight excluding hydrogens is 1750 g/mol. The molecule has 16 aromatic carbocycles. The van der Waals surface area contributed by atoms with Crippen molar-refractivity contribution in [1.29, 1.82) is 52.6 Å². The van der Waals surface area contributed by atoms with Gasteiger partial charge in [0.2, 0.25) is 0 Å². The zero-order valence-electron chi connectivity index (χ0n) is 69.5. The number of hydrogen-bond acceptors (Lipinski definition) is 10. The number of nitriles is 10. The summed E-state index contributed by atoms with van der Waals surface area (Å²) in [5.74, 6) is 0. The van der Waals surface area contributed by atoms with E-state index in [9.17, 15) is 52.6 Å². The van der Waals surface area contributed by atoms with E-state index < -0.39 is 80.3 Å². The van der Waals surface area contributed by atoms with E-state index in [1.807, 2.05) is 30.3 Å². The molecule has 0 saturated carbocycles. The highest BCUT2D eigenvalue weighted by Crippen LogP contribution is 2.54. The van der Waals surface area contributed by atoms with E-state index in [2.05, 4.69) is 30.3 Å². The number of nitrogens with zero attached hydrogens (tertiary/aromatic N) is 14. The van der Waals surface area contributed by atoms with Gasteiger partial charge in [-0.3, -0.25) is 0 Å². The van der Waals surface area contributed by atoms with Crippen molar-refractivity contribution in [2.75, 3.05) is 0 Å². The summed E-state index contributed by atoms with van der Waals surface area (Å²) in [7, 11) is 0. The number of hydrogen-bond donors (Lipinski definition) is 0. The van der Waals surface area contributed by atoms with Crippen molar-refractivity contribution in [3.05, 3.63) is 369 Å². The van der Waals surface area contributed by atoms with Gasteiger partial charge in [0.1, 0.15) is 0 Å². The van der Waals surface area contributed by atoms with Gasteiger partial charge in [0.05, 0.1) is 205 Å². The summed E-state index contributed by atoms with van der Waals surface area (Å²) in [5.41, 5.74) is -6.95. The van der Waals surface area contributed by atoms with Crippen LogP contribution in [0, 0.1) is 113 Å². The maximum atomic E-state index is 15.9. The molecule has 20 aromatic rings. The normalized spacial score (nSPS) is 11.8. The number of halogens is 12. The number of aromatic nitrogens is 4. The zero-order valence-corrected chi connectivity index (χ0v) is 69.5. The van der Waals surface area contributed by atoms with Gasteiger partial charge in [-0.05, 0) is 208 Å². The van der Waals surface area contributed by atoms with E-state index in [-0.39, 0.29) is 112 Å². The molecule has 20 rings (SSSR count). The second-order valence-corrected chi connectivity index (χ2v) is 32.1. The Morgan fingerprint density at radius 3 is 0.801 bits per heavy atom. The monoisotopic (exact) mass is 1790 g/mol. The molecule has 0 fully saturated rings. The van der Waals surface area contributed by atoms with Crippen molar-refractivity contribution in [2.45, 2.75) is 24.7 Å². The van der Waals surface area contributed by atoms with Gasteiger partial charge < -0.3 is 18.3 Å². The first-order valence-electron chi connectivity index (χ1n) is 41.3. The van der Waals surface area contributed by atoms with Gasteiger partial charge in [0.15, 0.2) is 0 Å². The van der Waals surface area contributed by atoms with Crippen LogP contribution in [0.1, 0.15) is 77.9 Å². The molecule has 0 N–H and O–H groups in total. The highest BCUT2D eigenvalue weighted by molar-refractivity contribution is 6.17. The minimum Gasteiger partial charge on any atom is -0.307 e. The van der Waals surface area contributed by atoms with E-state index in [4.69, 9.17) is 0 Å². The van der Waals surface area contributed by atoms with E-state index in [0.717, 1.165) is 12.1 Å². The van der Waals surface area contributed by atoms with Crippen molar-refractivity contribution in [3.63, 3.8) is 0 Å². The highest BCUT2D eigenvalue weighted by Gasteiger charge is 2.45. The van der Waals surface area contributed by atoms with Crippen LogP contribution in [0.2, 0.25) is 0 Å². The molecule has 0 radical (unpaired) electrons. The van der Waals surface area contributed by atoms with Crippen molar-refractivity contribution in [3.8, 4) is 161 Å². The predicted molar refractivity (Wildman–Crippen MR) is 489 cm³/mol. The molecular formula is C110H48F12N14. The Kier molecular flexibility index (Phi) is 19.9. The maximum Gasteiger partial charge on any atom is 0.417 e. The van der Waals surface area contributed by atoms with Crippen LogP contribution < -0.4 is 0 Å². The fourth-order valence-corrected chi connectivity index (χ4v) is 19.1. The summed E-state index contributed by atoms with van der Waals surface area (Å²) in [5, 5.41) is 111. The van der Waals surface area contributed by atoms with Gasteiger partial charge in [0.25, 0.3) is 0 Å². The lowest BCUT2D eigenvalue weighted by Crippen LogP contribution is -2.15. The highest BCUT2D eigenvalue weighted by atomic mass is 19.4. The van der Waals surface area contributed by atoms with Crippen LogP contribution in [-0.2, 0) is 24.7 Å². The molecule has 0 unspecified atom stereocenters. The van der Waals surface area contributed by atoms with Crippen LogP contribution in [-0.4, -0.2) is 18.3 Å². The molecule has 0 bridgehead atoms. The third kappa shape index (κ3) is 13.7. The minimum atomic E-state index is -5.48. The molecule has 4 heterocycles. The van der Waals surface area contributed by atoms with Crippen LogP contribution in [0.4, 0.5) is 52.7 Å². The van der Waals surface area contributed by atoms with Crippen molar-refractivity contribution >= 4 is 87.2 Å². The first kappa shape index (κ1) is 84.9. The van der Waals surface area contributed by atoms with Crippen LogP contribution in [0.5, 0.6) is 0 Å². The van der Waals surface area contributed by atoms with Crippen molar-refractivity contribution in [2.24, 2.45) is 0 Å². The first-order chi connectivity index (χ1) is 65.5. The molecule has 642 valence electrons. The number of fused-ring (bicyclic) bond motifs is 12. The summed E-state index contributed by atoms with van der Waals surface area (Å²) in [6.07, 6.45) is -21.9. The maximum absolute atomic E-state index is 15.9. The molecule has 136 heavy (non-hydrogen) atoms. The van der Waals surface area contributed by atoms with Gasteiger partial charge in [-0.15, -0.1) is 0 Å². The molecule has 0 aliphatic heterocycles. The van der Waals surface area contributed by atoms with Gasteiger partial charge >= 0.3 is 24.7 Å². The summed E-state index contributed by atoms with van der Waals surface area (Å²) in [6, 6.07) is 90.7. The Hall–Kier alpha value is -19.2. The van der Waals surface area contributed by atoms with E-state index in [1.54, 1.807) is 200 Å². The molecule has 0 spiro atoms. The lowest BCUT2D eigenvalue weighted by atomic mass is 9.88. The SMILES string of the molecule is N#Cc1ccc(-c2ccc3c(c2)c2ccccc2n3-c2cc(-c3c(C(F)(F)F)cccc3C(F)(F)F)c(C#N)cc2-n2c3ccc(-c4ccc(C#N)cc4C#N)cc3c3ccc(-c4cc(C#N)cc(C#N)c4-c4ccc5c6ccccc6n(-c6cc(-c7c(C(F)(F)F)cccc7C(F)(F)F)c(C#N)cc6-n6c7ccccc7c7ccc(-c8ccc(C#N)cc8C#N)cc76)c5c4)cc32)c(C#N)c1. The number of alkyl halides is 12. The van der Waals surface area contributed by atoms with Crippen molar-refractivity contribution < 1.29 is 52.7 Å². The Bertz CT molecular complexity index is 9150. The Balaban J connectivity index is 0.892. The Morgan fingerprint density at radius 1 is 0.176 bits per heavy atom. The van der Waals surface area contributed by atoms with Gasteiger partial charge in [-0.1, -0.05) is 133 Å². The van der Waals surface area contributed by atoms with Gasteiger partial charge in [0, 0.05) is 70.9 Å². The fourth-order valence-electron chi connectivity index (χ4n) is 19.1. The van der Waals surface area contributed by atoms with Crippen LogP contribution in [0.25, 0.3) is 188 Å². The zero-order chi connectivity index (χ0) is 95.0. The summed E-state index contributed by atoms with van der Waals surface area (Å²) in [6.45, 7) is 0. The number of para-hydroxylation sites is 3. The summed E-state index contributed by atoms with van der Waals surface area (Å²) >= 11 is 0. The number of benzene rings is 16. The van der Waals surface area contributed by atoms with Crippen LogP contribution in [0.3, 0.4) is 0 Å². The minimum absolute atomic E-state index is 0.0176. The largest absolute Gasteiger partial charge is 0.417 e. The molecule has 0 aliphatic rings. The average molecular weight is 1790 g/mol. The molecule has 0 saturated heterocycles. The quantitative estimate of drug-likeness (QED) is 0.111. The summed E-state index contributed by atoms with van der Waals surface area (Å²) < 4.78 is 197. The van der Waals surface area contributed by atoms with E-state index >= 15 is 52.7 Å². The molecule has 4 aromatic heterocycles. The smallest absolute Gasteiger partial charge is 0.307 e. The Morgan fingerprint density at radius 2 is 0.449 bits per heavy atom. The third-order valence-corrected chi connectivity index (χ3v) is 24.8. The second-order valence-electron chi connectivity index (χ2n) is 32.1. The van der Waals surface area contributed by atoms with Crippen molar-refractivity contribution in [1.82, 2.24) is 18.3 Å². The molecule has 0 aliphatic carbocycles. The van der Waals surface area contributed by atoms with E-state index in [0.29, 0.717) is 135 Å². The molecule has 14 nitrogen and oxygen atoms in total. The third-order valence-electron chi connectivity index (χ3n) is 24.8. The lowest BCUT2D eigenvalue weighted by Gasteiger charge is -2.23. The van der Waals surface area contributed by atoms with E-state index in [1.165, 1.54) is 60.7 Å². The van der Waals surface area contributed by atoms with Gasteiger partial charge in [-0.2, -0.15) is 105 Å². The Labute approximate surface area is 761 Å². The summed E-state index contributed by atoms with van der Waals surface area (Å²) in [4.78, 5) is 0. The van der Waals surface area contributed by atoms with Crippen LogP contribution >= 0.6 is 0 Å². The first-order valence-corrected chi connectivity index (χ1v) is 41.3. The number of rotatable bonds is 11. The molecule has 0 amide bonds. The molecule has 26 heteroatoms. The molecule has 0 atom stereocenters. The lowest BCUT2D eigenvalue weighted by molar-refractivity contribution is -0.143. The standard InChI is InChI=1S/C110H48F12N14/c111-107(112,113)88-12-7-13-89(108(114,115)116)105(88)84-47-102(133-94-18-6-3-11-79(94)86-40-63(25-33-95(86)133)74-27-19-59(49-123)35-68(74)53-127)100(45-71(84)56-130)136-96-34-26-64(75-28-20-60(50-124)36-69(75)54-128)41-87(96)82-31-23-66(43-98(82)136)83-39-62(52-126)38-73(58-132)104(83)67-24-32-81-78-10-2-5-17-93(78)135(99(81)44-67)103-48-85(106-90(109(117,118)119)14-8-15-91(106)110(120,121)122)72(57-131)46-101(103)134-92-16-4-1-9-77(92)80-30-22-65(42-97(80)134)76-29-21-61(51-125)37-70(76)55-129/h1-48H.